The van der Waals surface area contributed by atoms with Crippen LogP contribution in [-0.4, -0.2) is 51.7 Å². The highest BCUT2D eigenvalue weighted by Crippen LogP contribution is 2.36. The molecule has 0 heterocycles. The van der Waals surface area contributed by atoms with E-state index >= 15 is 0 Å². The Morgan fingerprint density at radius 1 is 0.554 bits per heavy atom. The van der Waals surface area contributed by atoms with Crippen molar-refractivity contribution in [3.8, 4) is 0 Å². The summed E-state index contributed by atoms with van der Waals surface area (Å²) in [6.07, 6.45) is 36.3. The van der Waals surface area contributed by atoms with Gasteiger partial charge in [0.15, 0.2) is 5.78 Å². The lowest BCUT2D eigenvalue weighted by molar-refractivity contribution is -0.180. The van der Waals surface area contributed by atoms with Crippen LogP contribution in [-0.2, 0) is 24.0 Å². The van der Waals surface area contributed by atoms with Crippen molar-refractivity contribution in [2.24, 2.45) is 11.7 Å². The first-order valence-corrected chi connectivity index (χ1v) is 23.6. The van der Waals surface area contributed by atoms with Gasteiger partial charge in [0.25, 0.3) is 0 Å². The fourth-order valence-electron chi connectivity index (χ4n) is 8.24. The Morgan fingerprint density at radius 2 is 0.875 bits per heavy atom. The third-order valence-corrected chi connectivity index (χ3v) is 11.8. The number of amides is 2. The molecule has 2 amide bonds. The van der Waals surface area contributed by atoms with Crippen LogP contribution in [0.5, 0.6) is 0 Å². The van der Waals surface area contributed by atoms with Crippen LogP contribution in [0.15, 0.2) is 0 Å². The SMILES string of the molecule is CCCCCCCCCCCCCCCCCC(=O)NN(NC(=O)CCCCCCCCCCCCCCCCC)[C@@]1(C(=O)O)C(=O)CCC(=O)C1CCCN. The molecule has 0 aliphatic heterocycles. The predicted molar refractivity (Wildman–Crippen MR) is 229 cm³/mol. The van der Waals surface area contributed by atoms with Crippen molar-refractivity contribution in [3.05, 3.63) is 0 Å². The topological polar surface area (TPSA) is 159 Å². The molecule has 1 unspecified atom stereocenters. The number of carboxylic acid groups (broad SMARTS) is 1. The largest absolute Gasteiger partial charge is 0.479 e. The van der Waals surface area contributed by atoms with Gasteiger partial charge in [0.1, 0.15) is 5.78 Å². The minimum atomic E-state index is -2.43. The molecular formula is C46H86N4O6. The lowest BCUT2D eigenvalue weighted by Crippen LogP contribution is -2.75. The number of nitrogens with one attached hydrogen (secondary N) is 2. The number of carboxylic acids is 1. The average Bonchev–Trinajstić information content (AvgIpc) is 3.17. The minimum absolute atomic E-state index is 0.0632. The monoisotopic (exact) mass is 791 g/mol. The van der Waals surface area contributed by atoms with E-state index in [2.05, 4.69) is 24.7 Å². The smallest absolute Gasteiger partial charge is 0.336 e. The van der Waals surface area contributed by atoms with Crippen LogP contribution < -0.4 is 16.6 Å². The van der Waals surface area contributed by atoms with Crippen molar-refractivity contribution in [2.45, 2.75) is 251 Å². The van der Waals surface area contributed by atoms with Gasteiger partial charge in [0.05, 0.1) is 5.92 Å². The molecule has 326 valence electrons. The molecule has 1 rings (SSSR count). The van der Waals surface area contributed by atoms with E-state index < -0.39 is 35.0 Å². The second-order valence-corrected chi connectivity index (χ2v) is 16.7. The number of rotatable bonds is 39. The highest BCUT2D eigenvalue weighted by atomic mass is 16.4. The van der Waals surface area contributed by atoms with Gasteiger partial charge in [0.2, 0.25) is 17.4 Å². The Labute approximate surface area is 342 Å². The Morgan fingerprint density at radius 3 is 1.18 bits per heavy atom. The second-order valence-electron chi connectivity index (χ2n) is 16.7. The van der Waals surface area contributed by atoms with Crippen LogP contribution in [0.25, 0.3) is 0 Å². The van der Waals surface area contributed by atoms with Crippen molar-refractivity contribution in [3.63, 3.8) is 0 Å². The van der Waals surface area contributed by atoms with Crippen LogP contribution in [0.2, 0.25) is 0 Å². The number of nitrogens with two attached hydrogens (primary N) is 1. The standard InChI is InChI=1S/C46H86N4O6/c1-3-5-7-9-11-13-15-17-19-21-23-25-27-29-31-35-43(53)48-50(46(45(55)56)40(34-33-39-47)41(51)37-38-42(46)52)49-44(54)36-32-30-28-26-24-22-20-18-16-14-12-10-8-6-4-2/h40H,3-39,47H2,1-2H3,(H,48,53)(H,49,54)(H,55,56)/t40?,46-/m1/s1. The molecule has 0 spiro atoms. The van der Waals surface area contributed by atoms with Crippen molar-refractivity contribution in [1.29, 1.82) is 0 Å². The van der Waals surface area contributed by atoms with E-state index in [0.717, 1.165) is 43.6 Å². The van der Waals surface area contributed by atoms with Crippen LogP contribution in [0, 0.1) is 5.92 Å². The summed E-state index contributed by atoms with van der Waals surface area (Å²) in [7, 11) is 0. The molecular weight excluding hydrogens is 705 g/mol. The predicted octanol–water partition coefficient (Wildman–Crippen LogP) is 11.0. The van der Waals surface area contributed by atoms with E-state index in [1.807, 2.05) is 0 Å². The van der Waals surface area contributed by atoms with Crippen LogP contribution >= 0.6 is 0 Å². The van der Waals surface area contributed by atoms with E-state index in [4.69, 9.17) is 5.73 Å². The number of aliphatic carboxylic acids is 1. The maximum absolute atomic E-state index is 13.6. The summed E-state index contributed by atoms with van der Waals surface area (Å²) in [5.41, 5.74) is 8.45. The number of carbonyl (C=O) groups excluding carboxylic acids is 4. The normalized spacial score (nSPS) is 17.1. The Balaban J connectivity index is 2.58. The van der Waals surface area contributed by atoms with E-state index in [9.17, 15) is 29.1 Å². The molecule has 10 nitrogen and oxygen atoms in total. The van der Waals surface area contributed by atoms with Gasteiger partial charge < -0.3 is 10.8 Å². The van der Waals surface area contributed by atoms with E-state index in [0.29, 0.717) is 19.3 Å². The average molecular weight is 791 g/mol. The first-order valence-electron chi connectivity index (χ1n) is 23.6. The Kier molecular flexibility index (Phi) is 32.0. The molecule has 0 bridgehead atoms. The highest BCUT2D eigenvalue weighted by Gasteiger charge is 2.62. The fourth-order valence-corrected chi connectivity index (χ4v) is 8.24. The third-order valence-electron chi connectivity index (χ3n) is 11.8. The summed E-state index contributed by atoms with van der Waals surface area (Å²) in [5, 5.41) is 11.4. The van der Waals surface area contributed by atoms with Crippen molar-refractivity contribution >= 4 is 29.4 Å². The van der Waals surface area contributed by atoms with Gasteiger partial charge in [0, 0.05) is 25.7 Å². The lowest BCUT2D eigenvalue weighted by Gasteiger charge is -2.45. The van der Waals surface area contributed by atoms with Gasteiger partial charge in [-0.1, -0.05) is 194 Å². The van der Waals surface area contributed by atoms with Crippen molar-refractivity contribution < 1.29 is 29.1 Å². The zero-order valence-corrected chi connectivity index (χ0v) is 36.3. The Hall–Kier alpha value is -2.33. The maximum Gasteiger partial charge on any atom is 0.336 e. The first kappa shape index (κ1) is 51.7. The van der Waals surface area contributed by atoms with Crippen LogP contribution in [0.3, 0.4) is 0 Å². The molecule has 1 fully saturated rings. The molecule has 1 aliphatic carbocycles. The molecule has 56 heavy (non-hydrogen) atoms. The molecule has 0 aromatic rings. The number of ketones is 2. The Bertz CT molecular complexity index is 1010. The van der Waals surface area contributed by atoms with Gasteiger partial charge in [-0.15, -0.1) is 5.12 Å². The van der Waals surface area contributed by atoms with E-state index in [-0.39, 0.29) is 44.4 Å². The van der Waals surface area contributed by atoms with Crippen molar-refractivity contribution in [2.75, 3.05) is 6.54 Å². The fraction of sp³-hybridized carbons (Fsp3) is 0.891. The molecule has 5 N–H and O–H groups in total. The zero-order valence-electron chi connectivity index (χ0n) is 36.3. The maximum atomic E-state index is 13.6. The van der Waals surface area contributed by atoms with Crippen LogP contribution in [0.4, 0.5) is 0 Å². The molecule has 1 saturated carbocycles. The molecule has 0 saturated heterocycles. The van der Waals surface area contributed by atoms with Gasteiger partial charge in [-0.3, -0.25) is 30.0 Å². The zero-order chi connectivity index (χ0) is 41.1. The molecule has 10 heteroatoms. The minimum Gasteiger partial charge on any atom is -0.479 e. The molecule has 1 aliphatic rings. The van der Waals surface area contributed by atoms with Crippen molar-refractivity contribution in [1.82, 2.24) is 16.0 Å². The highest BCUT2D eigenvalue weighted by molar-refractivity contribution is 6.15. The van der Waals surface area contributed by atoms with Gasteiger partial charge in [-0.05, 0) is 32.2 Å². The summed E-state index contributed by atoms with van der Waals surface area (Å²) in [5.74, 6) is -4.86. The molecule has 0 aromatic heterocycles. The van der Waals surface area contributed by atoms with Gasteiger partial charge in [-0.2, -0.15) is 0 Å². The number of hydrogen-bond donors (Lipinski definition) is 4. The summed E-state index contributed by atoms with van der Waals surface area (Å²) in [6.45, 7) is 4.71. The number of carbonyl (C=O) groups is 5. The first-order chi connectivity index (χ1) is 27.2. The second kappa shape index (κ2) is 34.7. The number of hydrazine groups is 2. The van der Waals surface area contributed by atoms with E-state index in [1.54, 1.807) is 0 Å². The van der Waals surface area contributed by atoms with Crippen LogP contribution in [0.1, 0.15) is 245 Å². The summed E-state index contributed by atoms with van der Waals surface area (Å²) < 4.78 is 0. The molecule has 0 aromatic carbocycles. The summed E-state index contributed by atoms with van der Waals surface area (Å²) in [4.78, 5) is 66.4. The van der Waals surface area contributed by atoms with E-state index in [1.165, 1.54) is 141 Å². The summed E-state index contributed by atoms with van der Waals surface area (Å²) in [6, 6.07) is 0. The number of Topliss-reactive ketones (excluding diaryl/α,β-unsaturated/α-hetero) is 2. The number of hydrogen-bond acceptors (Lipinski definition) is 7. The van der Waals surface area contributed by atoms with Gasteiger partial charge in [-0.25, -0.2) is 4.79 Å². The number of nitrogens with zero attached hydrogens (tertiary/aromatic N) is 1. The molecule has 2 atom stereocenters. The summed E-state index contributed by atoms with van der Waals surface area (Å²) >= 11 is 0. The van der Waals surface area contributed by atoms with Gasteiger partial charge >= 0.3 is 5.97 Å². The molecule has 0 radical (unpaired) electrons. The number of unbranched alkanes of at least 4 members (excludes halogenated alkanes) is 28. The third kappa shape index (κ3) is 22.6. The quantitative estimate of drug-likeness (QED) is 0.0272. The lowest BCUT2D eigenvalue weighted by atomic mass is 9.69.